The average molecular weight is 659 g/mol. The molecule has 0 spiro atoms. The summed E-state index contributed by atoms with van der Waals surface area (Å²) >= 11 is 24.3. The molecule has 0 amide bonds. The largest absolute Gasteiger partial charge is 0.231 e. The third-order valence-electron chi connectivity index (χ3n) is 7.48. The second-order valence-corrected chi connectivity index (χ2v) is 12.9. The molecular weight excluding hydrogens is 635 g/mol. The summed E-state index contributed by atoms with van der Waals surface area (Å²) in [5.74, 6) is 0. The number of hydrogen-bond donors (Lipinski definition) is 0. The Morgan fingerprint density at radius 3 is 2.26 bits per heavy atom. The Bertz CT molecular complexity index is 1640. The first-order valence-corrected chi connectivity index (χ1v) is 15.6. The highest BCUT2D eigenvalue weighted by molar-refractivity contribution is 9.10. The molecule has 2 heterocycles. The van der Waals surface area contributed by atoms with Gasteiger partial charge in [0.1, 0.15) is 10.7 Å². The lowest BCUT2D eigenvalue weighted by atomic mass is 9.79. The van der Waals surface area contributed by atoms with Crippen molar-refractivity contribution >= 4 is 62.1 Å². The number of halogens is 4. The Kier molecular flexibility index (Phi) is 7.60. The fraction of sp³-hybridized carbons (Fsp3) is 0.233. The monoisotopic (exact) mass is 656 g/mol. The lowest BCUT2D eigenvalue weighted by Crippen LogP contribution is -2.23. The van der Waals surface area contributed by atoms with E-state index in [0.29, 0.717) is 10.0 Å². The van der Waals surface area contributed by atoms with Gasteiger partial charge in [-0.25, -0.2) is 4.68 Å². The Morgan fingerprint density at radius 1 is 0.897 bits per heavy atom. The van der Waals surface area contributed by atoms with Gasteiger partial charge in [-0.3, -0.25) is 0 Å². The van der Waals surface area contributed by atoms with Crippen molar-refractivity contribution in [3.05, 3.63) is 102 Å². The van der Waals surface area contributed by atoms with Gasteiger partial charge in [-0.15, -0.1) is 10.2 Å². The normalized spacial score (nSPS) is 14.7. The van der Waals surface area contributed by atoms with Crippen molar-refractivity contribution in [3.63, 3.8) is 0 Å². The van der Waals surface area contributed by atoms with Crippen molar-refractivity contribution in [2.45, 2.75) is 44.4 Å². The van der Waals surface area contributed by atoms with E-state index in [-0.39, 0.29) is 5.41 Å². The van der Waals surface area contributed by atoms with Crippen LogP contribution in [-0.2, 0) is 11.8 Å². The van der Waals surface area contributed by atoms with Gasteiger partial charge in [0.25, 0.3) is 0 Å². The number of aromatic nitrogens is 4. The van der Waals surface area contributed by atoms with Crippen LogP contribution in [0.25, 0.3) is 27.6 Å². The number of nitrogens with zero attached hydrogens (tertiary/aromatic N) is 4. The molecule has 6 rings (SSSR count). The summed E-state index contributed by atoms with van der Waals surface area (Å²) in [7, 11) is 0. The highest BCUT2D eigenvalue weighted by Crippen LogP contribution is 2.49. The van der Waals surface area contributed by atoms with Gasteiger partial charge in [0.15, 0.2) is 5.01 Å². The van der Waals surface area contributed by atoms with Gasteiger partial charge in [-0.1, -0.05) is 106 Å². The van der Waals surface area contributed by atoms with E-state index < -0.39 is 0 Å². The molecule has 3 aromatic carbocycles. The van der Waals surface area contributed by atoms with Crippen LogP contribution in [0.3, 0.4) is 0 Å². The maximum atomic E-state index is 6.70. The van der Waals surface area contributed by atoms with Gasteiger partial charge >= 0.3 is 0 Å². The van der Waals surface area contributed by atoms with Gasteiger partial charge in [0, 0.05) is 31.1 Å². The lowest BCUT2D eigenvalue weighted by Gasteiger charge is -2.26. The molecule has 0 bridgehead atoms. The summed E-state index contributed by atoms with van der Waals surface area (Å²) < 4.78 is 2.93. The van der Waals surface area contributed by atoms with Gasteiger partial charge in [-0.05, 0) is 67.3 Å². The van der Waals surface area contributed by atoms with Crippen LogP contribution in [0.4, 0.5) is 0 Å². The zero-order valence-corrected chi connectivity index (χ0v) is 25.8. The fourth-order valence-corrected chi connectivity index (χ4v) is 7.58. The van der Waals surface area contributed by atoms with E-state index in [2.05, 4.69) is 47.1 Å². The molecule has 0 radical (unpaired) electrons. The van der Waals surface area contributed by atoms with Crippen LogP contribution in [0.1, 0.15) is 48.7 Å². The van der Waals surface area contributed by atoms with Crippen LogP contribution in [0, 0.1) is 0 Å². The minimum atomic E-state index is -0.149. The minimum Gasteiger partial charge on any atom is -0.231 e. The van der Waals surface area contributed by atoms with E-state index in [1.807, 2.05) is 41.1 Å². The van der Waals surface area contributed by atoms with E-state index in [0.717, 1.165) is 79.8 Å². The van der Waals surface area contributed by atoms with Crippen LogP contribution in [0.5, 0.6) is 0 Å². The zero-order chi connectivity index (χ0) is 27.1. The summed E-state index contributed by atoms with van der Waals surface area (Å²) in [5, 5.41) is 18.3. The maximum absolute atomic E-state index is 6.70. The molecule has 0 aliphatic heterocycles. The van der Waals surface area contributed by atoms with Gasteiger partial charge < -0.3 is 0 Å². The summed E-state index contributed by atoms with van der Waals surface area (Å²) in [6.07, 6.45) is 5.18. The molecule has 4 nitrogen and oxygen atoms in total. The molecule has 0 N–H and O–H groups in total. The first-order chi connectivity index (χ1) is 18.9. The van der Waals surface area contributed by atoms with Crippen molar-refractivity contribution < 1.29 is 0 Å². The molecule has 1 fully saturated rings. The standard InChI is InChI=1S/C30H24BrCl3N4S/c1-2-23-26(28-35-36-29(39-28)30(15-3-4-16-30)19-7-11-21(32)12-8-19)37-38(25-14-13-22(33)17-24(25)34)27(23)18-5-9-20(31)10-6-18/h5-14,17H,2-4,15-16H2,1H3. The molecule has 9 heteroatoms. The lowest BCUT2D eigenvalue weighted by molar-refractivity contribution is 0.526. The predicted molar refractivity (Wildman–Crippen MR) is 166 cm³/mol. The van der Waals surface area contributed by atoms with E-state index in [1.54, 1.807) is 17.4 Å². The zero-order valence-electron chi connectivity index (χ0n) is 21.1. The molecule has 1 saturated carbocycles. The molecule has 2 aromatic heterocycles. The molecule has 39 heavy (non-hydrogen) atoms. The number of hydrogen-bond acceptors (Lipinski definition) is 4. The topological polar surface area (TPSA) is 43.6 Å². The highest BCUT2D eigenvalue weighted by Gasteiger charge is 2.41. The molecule has 1 aliphatic rings. The van der Waals surface area contributed by atoms with Crippen LogP contribution in [-0.4, -0.2) is 20.0 Å². The second-order valence-electron chi connectivity index (χ2n) is 9.75. The number of benzene rings is 3. The maximum Gasteiger partial charge on any atom is 0.168 e. The Hall–Kier alpha value is -2.22. The smallest absolute Gasteiger partial charge is 0.168 e. The first-order valence-electron chi connectivity index (χ1n) is 12.8. The molecule has 5 aromatic rings. The van der Waals surface area contributed by atoms with Gasteiger partial charge in [0.2, 0.25) is 0 Å². The van der Waals surface area contributed by atoms with E-state index in [1.165, 1.54) is 5.56 Å². The Labute approximate surface area is 255 Å². The summed E-state index contributed by atoms with van der Waals surface area (Å²) in [5.41, 5.74) is 5.80. The van der Waals surface area contributed by atoms with Crippen molar-refractivity contribution in [2.75, 3.05) is 0 Å². The predicted octanol–water partition coefficient (Wildman–Crippen LogP) is 10.2. The fourth-order valence-electron chi connectivity index (χ4n) is 5.57. The van der Waals surface area contributed by atoms with Crippen LogP contribution in [0.2, 0.25) is 15.1 Å². The average Bonchev–Trinajstić information content (AvgIpc) is 3.68. The minimum absolute atomic E-state index is 0.149. The third-order valence-corrected chi connectivity index (χ3v) is 9.94. The Morgan fingerprint density at radius 2 is 1.59 bits per heavy atom. The van der Waals surface area contributed by atoms with Crippen LogP contribution in [0.15, 0.2) is 71.2 Å². The molecule has 198 valence electrons. The van der Waals surface area contributed by atoms with Gasteiger partial charge in [-0.2, -0.15) is 5.10 Å². The van der Waals surface area contributed by atoms with E-state index >= 15 is 0 Å². The Balaban J connectivity index is 1.52. The molecule has 0 unspecified atom stereocenters. The molecular formula is C30H24BrCl3N4S. The summed E-state index contributed by atoms with van der Waals surface area (Å²) in [4.78, 5) is 0. The van der Waals surface area contributed by atoms with Crippen LogP contribution >= 0.6 is 62.1 Å². The van der Waals surface area contributed by atoms with Gasteiger partial charge in [0.05, 0.1) is 16.4 Å². The van der Waals surface area contributed by atoms with E-state index in [4.69, 9.17) is 50.1 Å². The van der Waals surface area contributed by atoms with E-state index in [9.17, 15) is 0 Å². The van der Waals surface area contributed by atoms with Crippen molar-refractivity contribution in [1.29, 1.82) is 0 Å². The first kappa shape index (κ1) is 27.0. The third kappa shape index (κ3) is 4.95. The second kappa shape index (κ2) is 11.0. The van der Waals surface area contributed by atoms with Crippen molar-refractivity contribution in [2.24, 2.45) is 0 Å². The molecule has 0 atom stereocenters. The molecule has 1 aliphatic carbocycles. The summed E-state index contributed by atoms with van der Waals surface area (Å²) in [6.45, 7) is 2.14. The van der Waals surface area contributed by atoms with Crippen molar-refractivity contribution in [1.82, 2.24) is 20.0 Å². The molecule has 0 saturated heterocycles. The SMILES string of the molecule is CCc1c(-c2nnc(C3(c4ccc(Cl)cc4)CCCC3)s2)nn(-c2ccc(Cl)cc2Cl)c1-c1ccc(Br)cc1. The van der Waals surface area contributed by atoms with Crippen LogP contribution < -0.4 is 0 Å². The highest BCUT2D eigenvalue weighted by atomic mass is 79.9. The summed E-state index contributed by atoms with van der Waals surface area (Å²) in [6, 6.07) is 21.9. The number of rotatable bonds is 6. The quantitative estimate of drug-likeness (QED) is 0.182. The van der Waals surface area contributed by atoms with Crippen molar-refractivity contribution in [3.8, 4) is 27.6 Å².